The van der Waals surface area contributed by atoms with Gasteiger partial charge >= 0.3 is 6.03 Å². The number of carbonyl (C=O) groups is 1. The summed E-state index contributed by atoms with van der Waals surface area (Å²) in [6.07, 6.45) is 0. The summed E-state index contributed by atoms with van der Waals surface area (Å²) in [6, 6.07) is 18.4. The van der Waals surface area contributed by atoms with Crippen LogP contribution in [0.3, 0.4) is 0 Å². The minimum absolute atomic E-state index is 0.343. The lowest BCUT2D eigenvalue weighted by Gasteiger charge is -2.13. The Balaban J connectivity index is 1.82. The second-order valence-electron chi connectivity index (χ2n) is 5.07. The van der Waals surface area contributed by atoms with Crippen molar-refractivity contribution in [2.45, 2.75) is 0 Å². The van der Waals surface area contributed by atoms with E-state index in [0.29, 0.717) is 17.1 Å². The third-order valence-corrected chi connectivity index (χ3v) is 3.51. The maximum atomic E-state index is 12.3. The van der Waals surface area contributed by atoms with Gasteiger partial charge in [0.25, 0.3) is 0 Å². The summed E-state index contributed by atoms with van der Waals surface area (Å²) in [5, 5.41) is 7.68. The molecule has 0 saturated heterocycles. The molecule has 0 aliphatic rings. The Bertz CT molecular complexity index is 857. The summed E-state index contributed by atoms with van der Waals surface area (Å²) in [6.45, 7) is 0. The molecular weight excluding hydrogens is 290 g/mol. The standard InChI is InChI=1S/C18H17N3O2/c1-23-17-11-13(19)9-10-16(17)21-18(22)20-15-8-4-6-12-5-2-3-7-14(12)15/h2-11H,19H2,1H3,(H2,20,21,22). The van der Waals surface area contributed by atoms with Crippen molar-refractivity contribution in [2.75, 3.05) is 23.5 Å². The normalized spacial score (nSPS) is 10.3. The first-order valence-corrected chi connectivity index (χ1v) is 7.16. The van der Waals surface area contributed by atoms with Gasteiger partial charge in [-0.1, -0.05) is 36.4 Å². The molecule has 0 fully saturated rings. The molecule has 116 valence electrons. The zero-order chi connectivity index (χ0) is 16.2. The lowest BCUT2D eigenvalue weighted by Crippen LogP contribution is -2.20. The van der Waals surface area contributed by atoms with Gasteiger partial charge in [-0.2, -0.15) is 0 Å². The predicted molar refractivity (Wildman–Crippen MR) is 94.0 cm³/mol. The first kappa shape index (κ1) is 14.7. The van der Waals surface area contributed by atoms with Gasteiger partial charge in [-0.3, -0.25) is 0 Å². The highest BCUT2D eigenvalue weighted by molar-refractivity contribution is 6.06. The van der Waals surface area contributed by atoms with Gasteiger partial charge in [-0.25, -0.2) is 4.79 Å². The topological polar surface area (TPSA) is 76.4 Å². The van der Waals surface area contributed by atoms with Crippen molar-refractivity contribution in [1.82, 2.24) is 0 Å². The number of carbonyl (C=O) groups excluding carboxylic acids is 1. The molecule has 4 N–H and O–H groups in total. The molecule has 0 spiro atoms. The number of methoxy groups -OCH3 is 1. The number of rotatable bonds is 3. The van der Waals surface area contributed by atoms with E-state index in [1.807, 2.05) is 42.5 Å². The number of nitrogens with one attached hydrogen (secondary N) is 2. The van der Waals surface area contributed by atoms with Crippen LogP contribution in [0.25, 0.3) is 10.8 Å². The van der Waals surface area contributed by atoms with Gasteiger partial charge in [0.15, 0.2) is 0 Å². The van der Waals surface area contributed by atoms with Crippen molar-refractivity contribution in [1.29, 1.82) is 0 Å². The maximum absolute atomic E-state index is 12.3. The van der Waals surface area contributed by atoms with Crippen LogP contribution < -0.4 is 21.1 Å². The van der Waals surface area contributed by atoms with E-state index in [-0.39, 0.29) is 6.03 Å². The van der Waals surface area contributed by atoms with E-state index >= 15 is 0 Å². The van der Waals surface area contributed by atoms with Crippen LogP contribution in [0.1, 0.15) is 0 Å². The molecular formula is C18H17N3O2. The highest BCUT2D eigenvalue weighted by atomic mass is 16.5. The number of urea groups is 1. The average molecular weight is 307 g/mol. The molecule has 0 aromatic heterocycles. The second-order valence-corrected chi connectivity index (χ2v) is 5.07. The Morgan fingerprint density at radius 1 is 0.957 bits per heavy atom. The van der Waals surface area contributed by atoms with Gasteiger partial charge in [0.05, 0.1) is 18.5 Å². The van der Waals surface area contributed by atoms with Crippen LogP contribution in [-0.4, -0.2) is 13.1 Å². The number of benzene rings is 3. The van der Waals surface area contributed by atoms with Gasteiger partial charge in [-0.05, 0) is 23.6 Å². The zero-order valence-electron chi connectivity index (χ0n) is 12.7. The van der Waals surface area contributed by atoms with Crippen LogP contribution in [0.2, 0.25) is 0 Å². The summed E-state index contributed by atoms with van der Waals surface area (Å²) in [5.74, 6) is 0.512. The lowest BCUT2D eigenvalue weighted by atomic mass is 10.1. The number of amides is 2. The zero-order valence-corrected chi connectivity index (χ0v) is 12.7. The summed E-state index contributed by atoms with van der Waals surface area (Å²) >= 11 is 0. The van der Waals surface area contributed by atoms with E-state index in [9.17, 15) is 4.79 Å². The second kappa shape index (κ2) is 6.27. The third-order valence-electron chi connectivity index (χ3n) is 3.51. The van der Waals surface area contributed by atoms with Gasteiger partial charge in [-0.15, -0.1) is 0 Å². The fourth-order valence-electron chi connectivity index (χ4n) is 2.42. The Hall–Kier alpha value is -3.21. The minimum atomic E-state index is -0.343. The average Bonchev–Trinajstić information content (AvgIpc) is 2.57. The SMILES string of the molecule is COc1cc(N)ccc1NC(=O)Nc1cccc2ccccc12. The number of hydrogen-bond donors (Lipinski definition) is 3. The molecule has 3 aromatic rings. The molecule has 0 unspecified atom stereocenters. The number of nitrogen functional groups attached to an aromatic ring is 1. The summed E-state index contributed by atoms with van der Waals surface area (Å²) in [4.78, 5) is 12.3. The summed E-state index contributed by atoms with van der Waals surface area (Å²) in [7, 11) is 1.53. The molecule has 0 heterocycles. The first-order chi connectivity index (χ1) is 11.2. The van der Waals surface area contributed by atoms with E-state index in [4.69, 9.17) is 10.5 Å². The summed E-state index contributed by atoms with van der Waals surface area (Å²) < 4.78 is 5.22. The van der Waals surface area contributed by atoms with Gasteiger partial charge in [0.1, 0.15) is 5.75 Å². The number of fused-ring (bicyclic) bond motifs is 1. The molecule has 0 saturated carbocycles. The monoisotopic (exact) mass is 307 g/mol. The molecule has 0 aliphatic carbocycles. The highest BCUT2D eigenvalue weighted by Gasteiger charge is 2.09. The van der Waals surface area contributed by atoms with Crippen molar-refractivity contribution in [3.63, 3.8) is 0 Å². The summed E-state index contributed by atoms with van der Waals surface area (Å²) in [5.41, 5.74) is 7.58. The van der Waals surface area contributed by atoms with E-state index in [1.165, 1.54) is 7.11 Å². The first-order valence-electron chi connectivity index (χ1n) is 7.16. The van der Waals surface area contributed by atoms with Crippen molar-refractivity contribution in [2.24, 2.45) is 0 Å². The van der Waals surface area contributed by atoms with Gasteiger partial charge in [0.2, 0.25) is 0 Å². The molecule has 0 radical (unpaired) electrons. The number of anilines is 3. The molecule has 5 nitrogen and oxygen atoms in total. The van der Waals surface area contributed by atoms with Crippen molar-refractivity contribution in [3.8, 4) is 5.75 Å². The number of nitrogens with two attached hydrogens (primary N) is 1. The van der Waals surface area contributed by atoms with E-state index in [1.54, 1.807) is 18.2 Å². The van der Waals surface area contributed by atoms with Gasteiger partial charge < -0.3 is 21.1 Å². The van der Waals surface area contributed by atoms with Crippen LogP contribution in [0.15, 0.2) is 60.7 Å². The molecule has 0 aliphatic heterocycles. The third kappa shape index (κ3) is 3.18. The Morgan fingerprint density at radius 3 is 2.52 bits per heavy atom. The largest absolute Gasteiger partial charge is 0.494 e. The molecule has 3 rings (SSSR count). The minimum Gasteiger partial charge on any atom is -0.494 e. The molecule has 0 atom stereocenters. The fraction of sp³-hybridized carbons (Fsp3) is 0.0556. The molecule has 0 bridgehead atoms. The predicted octanol–water partition coefficient (Wildman–Crippen LogP) is 4.07. The smallest absolute Gasteiger partial charge is 0.323 e. The Labute approximate surface area is 134 Å². The molecule has 5 heteroatoms. The van der Waals surface area contributed by atoms with E-state index in [0.717, 1.165) is 16.5 Å². The van der Waals surface area contributed by atoms with E-state index < -0.39 is 0 Å². The van der Waals surface area contributed by atoms with Crippen LogP contribution in [-0.2, 0) is 0 Å². The van der Waals surface area contributed by atoms with Crippen LogP contribution in [0.5, 0.6) is 5.75 Å². The Kier molecular flexibility index (Phi) is 4.01. The number of ether oxygens (including phenoxy) is 1. The van der Waals surface area contributed by atoms with Gasteiger partial charge in [0, 0.05) is 17.1 Å². The lowest BCUT2D eigenvalue weighted by molar-refractivity contribution is 0.262. The van der Waals surface area contributed by atoms with E-state index in [2.05, 4.69) is 10.6 Å². The number of hydrogen-bond acceptors (Lipinski definition) is 3. The van der Waals surface area contributed by atoms with Crippen LogP contribution in [0, 0.1) is 0 Å². The maximum Gasteiger partial charge on any atom is 0.323 e. The molecule has 23 heavy (non-hydrogen) atoms. The van der Waals surface area contributed by atoms with Crippen molar-refractivity contribution in [3.05, 3.63) is 60.7 Å². The molecule has 2 amide bonds. The van der Waals surface area contributed by atoms with Crippen LogP contribution >= 0.6 is 0 Å². The van der Waals surface area contributed by atoms with Crippen LogP contribution in [0.4, 0.5) is 21.9 Å². The van der Waals surface area contributed by atoms with Crippen molar-refractivity contribution < 1.29 is 9.53 Å². The quantitative estimate of drug-likeness (QED) is 0.638. The van der Waals surface area contributed by atoms with Crippen molar-refractivity contribution >= 4 is 33.9 Å². The molecule has 3 aromatic carbocycles. The fourth-order valence-corrected chi connectivity index (χ4v) is 2.42. The Morgan fingerprint density at radius 2 is 1.70 bits per heavy atom. The highest BCUT2D eigenvalue weighted by Crippen LogP contribution is 2.27.